The molecule has 1 aliphatic rings. The van der Waals surface area contributed by atoms with Gasteiger partial charge in [0.1, 0.15) is 5.69 Å². The monoisotopic (exact) mass is 304 g/mol. The molecule has 3 heteroatoms. The Morgan fingerprint density at radius 2 is 1.57 bits per heavy atom. The van der Waals surface area contributed by atoms with Gasteiger partial charge in [0.15, 0.2) is 5.76 Å². The molecule has 0 unspecified atom stereocenters. The third kappa shape index (κ3) is 2.92. The second-order valence-corrected chi connectivity index (χ2v) is 5.96. The van der Waals surface area contributed by atoms with Crippen molar-refractivity contribution < 1.29 is 4.42 Å². The molecule has 1 aromatic heterocycles. The maximum Gasteiger partial charge on any atom is 0.212 e. The highest BCUT2D eigenvalue weighted by Crippen LogP contribution is 2.35. The van der Waals surface area contributed by atoms with Crippen molar-refractivity contribution in [2.45, 2.75) is 25.3 Å². The summed E-state index contributed by atoms with van der Waals surface area (Å²) in [5, 5.41) is 3.52. The van der Waals surface area contributed by atoms with Crippen molar-refractivity contribution in [3.8, 4) is 22.6 Å². The van der Waals surface area contributed by atoms with E-state index in [0.29, 0.717) is 0 Å². The summed E-state index contributed by atoms with van der Waals surface area (Å²) in [5.41, 5.74) is 3.09. The van der Waals surface area contributed by atoms with Gasteiger partial charge in [-0.3, -0.25) is 0 Å². The Morgan fingerprint density at radius 3 is 2.22 bits per heavy atom. The molecule has 1 aliphatic heterocycles. The van der Waals surface area contributed by atoms with Crippen LogP contribution in [0.5, 0.6) is 0 Å². The quantitative estimate of drug-likeness (QED) is 0.753. The van der Waals surface area contributed by atoms with Gasteiger partial charge in [-0.15, -0.1) is 0 Å². The largest absolute Gasteiger partial charge is 0.438 e. The summed E-state index contributed by atoms with van der Waals surface area (Å²) in [6.07, 6.45) is 3.54. The van der Waals surface area contributed by atoms with Crippen LogP contribution in [0.3, 0.4) is 0 Å². The normalized spacial score (nSPS) is 18.0. The van der Waals surface area contributed by atoms with Gasteiger partial charge in [0.2, 0.25) is 5.89 Å². The van der Waals surface area contributed by atoms with E-state index >= 15 is 0 Å². The molecule has 0 bridgehead atoms. The van der Waals surface area contributed by atoms with E-state index in [2.05, 4.69) is 29.6 Å². The van der Waals surface area contributed by atoms with E-state index in [1.54, 1.807) is 0 Å². The molecule has 1 atom stereocenters. The number of aromatic nitrogens is 1. The second kappa shape index (κ2) is 6.39. The minimum absolute atomic E-state index is 0.226. The minimum Gasteiger partial charge on any atom is -0.438 e. The number of hydrogen-bond donors (Lipinski definition) is 1. The standard InChI is InChI=1S/C20H20N2O/c1-3-9-15(10-4-1)18-19(16-11-5-2-6-12-16)23-20(22-18)17-13-7-8-14-21-17/h1-6,9-12,17,21H,7-8,13-14H2/t17-/m0/s1. The molecule has 0 amide bonds. The predicted molar refractivity (Wildman–Crippen MR) is 92.0 cm³/mol. The molecular formula is C20H20N2O. The van der Waals surface area contributed by atoms with Gasteiger partial charge in [-0.1, -0.05) is 67.1 Å². The zero-order valence-electron chi connectivity index (χ0n) is 13.0. The molecule has 2 heterocycles. The Morgan fingerprint density at radius 1 is 0.870 bits per heavy atom. The van der Waals surface area contributed by atoms with Crippen molar-refractivity contribution in [3.05, 3.63) is 66.6 Å². The molecule has 0 saturated carbocycles. The summed E-state index contributed by atoms with van der Waals surface area (Å²) >= 11 is 0. The first-order chi connectivity index (χ1) is 11.4. The number of hydrogen-bond acceptors (Lipinski definition) is 3. The van der Waals surface area contributed by atoms with Gasteiger partial charge < -0.3 is 9.73 Å². The Kier molecular flexibility index (Phi) is 3.95. The maximum absolute atomic E-state index is 6.22. The highest BCUT2D eigenvalue weighted by atomic mass is 16.4. The number of piperidine rings is 1. The molecular weight excluding hydrogens is 284 g/mol. The van der Waals surface area contributed by atoms with Crippen molar-refractivity contribution in [3.63, 3.8) is 0 Å². The Bertz CT molecular complexity index is 702. The SMILES string of the molecule is c1ccc(-c2nc([C@@H]3CCCCN3)oc2-c2ccccc2)cc1. The molecule has 4 rings (SSSR count). The predicted octanol–water partition coefficient (Wildman–Crippen LogP) is 4.82. The van der Waals surface area contributed by atoms with Gasteiger partial charge in [0.25, 0.3) is 0 Å². The van der Waals surface area contributed by atoms with Gasteiger partial charge in [-0.25, -0.2) is 4.98 Å². The lowest BCUT2D eigenvalue weighted by Gasteiger charge is -2.20. The summed E-state index contributed by atoms with van der Waals surface area (Å²) < 4.78 is 6.22. The van der Waals surface area contributed by atoms with E-state index in [-0.39, 0.29) is 6.04 Å². The van der Waals surface area contributed by atoms with Gasteiger partial charge in [0.05, 0.1) is 6.04 Å². The fraction of sp³-hybridized carbons (Fsp3) is 0.250. The fourth-order valence-electron chi connectivity index (χ4n) is 3.13. The Balaban J connectivity index is 1.81. The van der Waals surface area contributed by atoms with E-state index in [9.17, 15) is 0 Å². The van der Waals surface area contributed by atoms with Crippen LogP contribution in [0.15, 0.2) is 65.1 Å². The molecule has 1 N–H and O–H groups in total. The number of nitrogens with zero attached hydrogens (tertiary/aromatic N) is 1. The van der Waals surface area contributed by atoms with Crippen LogP contribution in [0.1, 0.15) is 31.2 Å². The van der Waals surface area contributed by atoms with E-state index in [0.717, 1.165) is 41.4 Å². The van der Waals surface area contributed by atoms with E-state index in [1.807, 2.05) is 36.4 Å². The third-order valence-corrected chi connectivity index (χ3v) is 4.34. The number of benzene rings is 2. The van der Waals surface area contributed by atoms with Crippen molar-refractivity contribution in [1.82, 2.24) is 10.3 Å². The van der Waals surface area contributed by atoms with Crippen LogP contribution in [0.25, 0.3) is 22.6 Å². The van der Waals surface area contributed by atoms with Crippen molar-refractivity contribution >= 4 is 0 Å². The molecule has 3 nitrogen and oxygen atoms in total. The first-order valence-electron chi connectivity index (χ1n) is 8.27. The van der Waals surface area contributed by atoms with Gasteiger partial charge >= 0.3 is 0 Å². The lowest BCUT2D eigenvalue weighted by atomic mass is 10.1. The highest BCUT2D eigenvalue weighted by molar-refractivity contribution is 5.76. The zero-order valence-corrected chi connectivity index (χ0v) is 13.0. The summed E-state index contributed by atoms with van der Waals surface area (Å²) in [6.45, 7) is 1.04. The summed E-state index contributed by atoms with van der Waals surface area (Å²) in [5.74, 6) is 1.67. The van der Waals surface area contributed by atoms with E-state index < -0.39 is 0 Å². The second-order valence-electron chi connectivity index (χ2n) is 5.96. The molecule has 1 fully saturated rings. The van der Waals surface area contributed by atoms with Crippen molar-refractivity contribution in [2.75, 3.05) is 6.54 Å². The first kappa shape index (κ1) is 14.2. The van der Waals surface area contributed by atoms with Gasteiger partial charge in [-0.05, 0) is 19.4 Å². The Hall–Kier alpha value is -2.39. The molecule has 0 aliphatic carbocycles. The summed E-state index contributed by atoms with van der Waals surface area (Å²) in [6, 6.07) is 20.7. The maximum atomic E-state index is 6.22. The Labute approximate surface area is 136 Å². The van der Waals surface area contributed by atoms with Crippen LogP contribution in [0, 0.1) is 0 Å². The van der Waals surface area contributed by atoms with Crippen LogP contribution < -0.4 is 5.32 Å². The molecule has 0 radical (unpaired) electrons. The van der Waals surface area contributed by atoms with Crippen LogP contribution in [-0.4, -0.2) is 11.5 Å². The highest BCUT2D eigenvalue weighted by Gasteiger charge is 2.24. The molecule has 3 aromatic rings. The first-order valence-corrected chi connectivity index (χ1v) is 8.27. The topological polar surface area (TPSA) is 38.1 Å². The fourth-order valence-corrected chi connectivity index (χ4v) is 3.13. The lowest BCUT2D eigenvalue weighted by molar-refractivity contribution is 0.342. The van der Waals surface area contributed by atoms with E-state index in [4.69, 9.17) is 9.40 Å². The van der Waals surface area contributed by atoms with Crippen LogP contribution in [0.2, 0.25) is 0 Å². The average molecular weight is 304 g/mol. The van der Waals surface area contributed by atoms with Gasteiger partial charge in [0, 0.05) is 11.1 Å². The summed E-state index contributed by atoms with van der Waals surface area (Å²) in [7, 11) is 0. The third-order valence-electron chi connectivity index (χ3n) is 4.34. The van der Waals surface area contributed by atoms with Crippen LogP contribution in [-0.2, 0) is 0 Å². The smallest absolute Gasteiger partial charge is 0.212 e. The number of rotatable bonds is 3. The van der Waals surface area contributed by atoms with Crippen LogP contribution >= 0.6 is 0 Å². The van der Waals surface area contributed by atoms with E-state index in [1.165, 1.54) is 12.8 Å². The molecule has 0 spiro atoms. The van der Waals surface area contributed by atoms with Crippen LogP contribution in [0.4, 0.5) is 0 Å². The van der Waals surface area contributed by atoms with Crippen molar-refractivity contribution in [2.24, 2.45) is 0 Å². The number of nitrogens with one attached hydrogen (secondary N) is 1. The molecule has 1 saturated heterocycles. The summed E-state index contributed by atoms with van der Waals surface area (Å²) in [4.78, 5) is 4.85. The van der Waals surface area contributed by atoms with Gasteiger partial charge in [-0.2, -0.15) is 0 Å². The zero-order chi connectivity index (χ0) is 15.5. The molecule has 23 heavy (non-hydrogen) atoms. The minimum atomic E-state index is 0.226. The molecule has 116 valence electrons. The molecule has 2 aromatic carbocycles. The lowest BCUT2D eigenvalue weighted by Crippen LogP contribution is -2.26. The average Bonchev–Trinajstić information content (AvgIpc) is 3.09. The number of oxazole rings is 1. The van der Waals surface area contributed by atoms with Crippen molar-refractivity contribution in [1.29, 1.82) is 0 Å².